The number of nitrogens with two attached hydrogens (primary N) is 1. The van der Waals surface area contributed by atoms with E-state index >= 15 is 0 Å². The number of halogens is 2. The van der Waals surface area contributed by atoms with E-state index in [1.54, 1.807) is 19.4 Å². The van der Waals surface area contributed by atoms with Crippen LogP contribution in [0, 0.1) is 0 Å². The largest absolute Gasteiger partial charge is 0.496 e. The number of nitrogens with zero attached hydrogens (tertiary/aromatic N) is 1. The van der Waals surface area contributed by atoms with Gasteiger partial charge >= 0.3 is 0 Å². The van der Waals surface area contributed by atoms with Crippen molar-refractivity contribution in [3.63, 3.8) is 0 Å². The SMILES string of the molecule is COc1ccc(Cl)cc1CSC(N)=NCc1ccco1.Cl. The lowest BCUT2D eigenvalue weighted by Crippen LogP contribution is -2.07. The molecule has 0 fully saturated rings. The molecule has 4 nitrogen and oxygen atoms in total. The van der Waals surface area contributed by atoms with Gasteiger partial charge in [0.05, 0.1) is 19.9 Å². The number of furan rings is 1. The maximum absolute atomic E-state index is 5.98. The summed E-state index contributed by atoms with van der Waals surface area (Å²) in [7, 11) is 1.63. The fourth-order valence-electron chi connectivity index (χ4n) is 1.62. The Kier molecular flexibility index (Phi) is 7.50. The molecule has 0 atom stereocenters. The molecule has 7 heteroatoms. The molecule has 0 spiro atoms. The number of amidine groups is 1. The molecule has 1 aromatic heterocycles. The number of hydrogen-bond acceptors (Lipinski definition) is 4. The number of ether oxygens (including phenoxy) is 1. The molecule has 0 unspecified atom stereocenters. The van der Waals surface area contributed by atoms with Crippen molar-refractivity contribution in [1.82, 2.24) is 0 Å². The molecule has 2 rings (SSSR count). The molecule has 1 heterocycles. The van der Waals surface area contributed by atoms with Crippen molar-refractivity contribution in [2.24, 2.45) is 10.7 Å². The molecule has 2 N–H and O–H groups in total. The molecule has 0 amide bonds. The molecule has 0 aliphatic rings. The molecule has 1 aromatic carbocycles. The van der Waals surface area contributed by atoms with Gasteiger partial charge in [0.15, 0.2) is 5.17 Å². The predicted octanol–water partition coefficient (Wildman–Crippen LogP) is 4.11. The van der Waals surface area contributed by atoms with E-state index in [0.717, 1.165) is 17.1 Å². The smallest absolute Gasteiger partial charge is 0.154 e. The van der Waals surface area contributed by atoms with Gasteiger partial charge in [0.25, 0.3) is 0 Å². The third-order valence-corrected chi connectivity index (χ3v) is 3.70. The summed E-state index contributed by atoms with van der Waals surface area (Å²) in [5, 5.41) is 1.18. The van der Waals surface area contributed by atoms with E-state index in [0.29, 0.717) is 22.5 Å². The first-order valence-corrected chi connectivity index (χ1v) is 7.33. The fourth-order valence-corrected chi connectivity index (χ4v) is 2.50. The molecule has 0 radical (unpaired) electrons. The van der Waals surface area contributed by atoms with Crippen LogP contribution in [-0.4, -0.2) is 12.3 Å². The van der Waals surface area contributed by atoms with Gasteiger partial charge in [-0.15, -0.1) is 12.4 Å². The van der Waals surface area contributed by atoms with Crippen LogP contribution in [-0.2, 0) is 12.3 Å². The van der Waals surface area contributed by atoms with Crippen molar-refractivity contribution in [1.29, 1.82) is 0 Å². The highest BCUT2D eigenvalue weighted by Crippen LogP contribution is 2.26. The van der Waals surface area contributed by atoms with E-state index in [9.17, 15) is 0 Å². The van der Waals surface area contributed by atoms with Gasteiger partial charge in [0, 0.05) is 16.3 Å². The van der Waals surface area contributed by atoms with Crippen molar-refractivity contribution >= 4 is 40.9 Å². The maximum Gasteiger partial charge on any atom is 0.154 e. The Balaban J connectivity index is 0.00000220. The normalized spacial score (nSPS) is 11.0. The van der Waals surface area contributed by atoms with Crippen LogP contribution in [0.15, 0.2) is 46.0 Å². The highest BCUT2D eigenvalue weighted by Gasteiger charge is 2.05. The summed E-state index contributed by atoms with van der Waals surface area (Å²) in [5.74, 6) is 2.23. The summed E-state index contributed by atoms with van der Waals surface area (Å²) < 4.78 is 10.5. The number of rotatable bonds is 5. The molecular formula is C14H16Cl2N2O2S. The maximum atomic E-state index is 5.98. The minimum absolute atomic E-state index is 0. The van der Waals surface area contributed by atoms with Crippen molar-refractivity contribution in [2.45, 2.75) is 12.3 Å². The van der Waals surface area contributed by atoms with E-state index in [1.165, 1.54) is 11.8 Å². The molecule has 2 aromatic rings. The van der Waals surface area contributed by atoms with E-state index in [2.05, 4.69) is 4.99 Å². The van der Waals surface area contributed by atoms with E-state index in [4.69, 9.17) is 26.5 Å². The Hall–Kier alpha value is -1.30. The lowest BCUT2D eigenvalue weighted by atomic mass is 10.2. The Labute approximate surface area is 139 Å². The van der Waals surface area contributed by atoms with Crippen molar-refractivity contribution in [3.05, 3.63) is 52.9 Å². The monoisotopic (exact) mass is 346 g/mol. The Morgan fingerprint density at radius 3 is 2.90 bits per heavy atom. The lowest BCUT2D eigenvalue weighted by molar-refractivity contribution is 0.411. The van der Waals surface area contributed by atoms with Crippen molar-refractivity contribution in [2.75, 3.05) is 7.11 Å². The van der Waals surface area contributed by atoms with Crippen LogP contribution in [0.1, 0.15) is 11.3 Å². The number of hydrogen-bond donors (Lipinski definition) is 1. The minimum Gasteiger partial charge on any atom is -0.496 e. The summed E-state index contributed by atoms with van der Waals surface area (Å²) in [5.41, 5.74) is 6.85. The number of thioether (sulfide) groups is 1. The van der Waals surface area contributed by atoms with E-state index < -0.39 is 0 Å². The zero-order valence-electron chi connectivity index (χ0n) is 11.4. The van der Waals surface area contributed by atoms with Crippen LogP contribution < -0.4 is 10.5 Å². The second kappa shape index (κ2) is 8.87. The first-order valence-electron chi connectivity index (χ1n) is 5.96. The Morgan fingerprint density at radius 1 is 1.43 bits per heavy atom. The Bertz CT molecular complexity index is 589. The van der Waals surface area contributed by atoms with Crippen LogP contribution in [0.5, 0.6) is 5.75 Å². The van der Waals surface area contributed by atoms with Gasteiger partial charge in [-0.1, -0.05) is 23.4 Å². The summed E-state index contributed by atoms with van der Waals surface area (Å²) >= 11 is 7.42. The summed E-state index contributed by atoms with van der Waals surface area (Å²) in [6.45, 7) is 0.443. The third kappa shape index (κ3) is 5.53. The third-order valence-electron chi connectivity index (χ3n) is 2.59. The molecule has 0 aliphatic carbocycles. The summed E-state index contributed by atoms with van der Waals surface area (Å²) in [6, 6.07) is 9.19. The van der Waals surface area contributed by atoms with Gasteiger partial charge in [0.1, 0.15) is 11.5 Å². The average molecular weight is 347 g/mol. The van der Waals surface area contributed by atoms with E-state index in [-0.39, 0.29) is 12.4 Å². The van der Waals surface area contributed by atoms with Crippen LogP contribution in [0.25, 0.3) is 0 Å². The predicted molar refractivity (Wildman–Crippen MR) is 90.6 cm³/mol. The molecule has 0 saturated heterocycles. The van der Waals surface area contributed by atoms with Gasteiger partial charge in [-0.2, -0.15) is 0 Å². The van der Waals surface area contributed by atoms with Crippen LogP contribution in [0.2, 0.25) is 5.02 Å². The van der Waals surface area contributed by atoms with E-state index in [1.807, 2.05) is 24.3 Å². The van der Waals surface area contributed by atoms with Gasteiger partial charge in [0.2, 0.25) is 0 Å². The zero-order valence-corrected chi connectivity index (χ0v) is 13.8. The standard InChI is InChI=1S/C14H15ClN2O2S.ClH/c1-18-13-5-4-11(15)7-10(13)9-20-14(16)17-8-12-3-2-6-19-12;/h2-7H,8-9H2,1H3,(H2,16,17);1H. The van der Waals surface area contributed by atoms with Gasteiger partial charge in [-0.25, -0.2) is 0 Å². The van der Waals surface area contributed by atoms with Crippen molar-refractivity contribution in [3.8, 4) is 5.75 Å². The highest BCUT2D eigenvalue weighted by atomic mass is 35.5. The molecule has 21 heavy (non-hydrogen) atoms. The Morgan fingerprint density at radius 2 is 2.24 bits per heavy atom. The second-order valence-electron chi connectivity index (χ2n) is 3.98. The highest BCUT2D eigenvalue weighted by molar-refractivity contribution is 8.13. The topological polar surface area (TPSA) is 60.8 Å². The molecule has 114 valence electrons. The average Bonchev–Trinajstić information content (AvgIpc) is 2.96. The van der Waals surface area contributed by atoms with Crippen LogP contribution in [0.4, 0.5) is 0 Å². The minimum atomic E-state index is 0. The summed E-state index contributed by atoms with van der Waals surface area (Å²) in [6.07, 6.45) is 1.62. The molecule has 0 bridgehead atoms. The van der Waals surface area contributed by atoms with Crippen LogP contribution >= 0.6 is 35.8 Å². The van der Waals surface area contributed by atoms with Crippen LogP contribution in [0.3, 0.4) is 0 Å². The second-order valence-corrected chi connectivity index (χ2v) is 5.41. The van der Waals surface area contributed by atoms with Crippen molar-refractivity contribution < 1.29 is 9.15 Å². The van der Waals surface area contributed by atoms with Gasteiger partial charge in [-0.05, 0) is 30.3 Å². The van der Waals surface area contributed by atoms with Gasteiger partial charge in [-0.3, -0.25) is 4.99 Å². The first-order chi connectivity index (χ1) is 9.69. The summed E-state index contributed by atoms with van der Waals surface area (Å²) in [4.78, 5) is 4.25. The molecule has 0 aliphatic heterocycles. The molecule has 0 saturated carbocycles. The zero-order chi connectivity index (χ0) is 14.4. The van der Waals surface area contributed by atoms with Gasteiger partial charge < -0.3 is 14.9 Å². The number of aliphatic imine (C=N–C) groups is 1. The lowest BCUT2D eigenvalue weighted by Gasteiger charge is -2.08. The number of benzene rings is 1. The first kappa shape index (κ1) is 17.8. The molecular weight excluding hydrogens is 331 g/mol. The fraction of sp³-hybridized carbons (Fsp3) is 0.214. The number of methoxy groups -OCH3 is 1. The quantitative estimate of drug-likeness (QED) is 0.653.